The first-order valence-corrected chi connectivity index (χ1v) is 4.91. The number of carbonyl (C=O) groups excluding carboxylic acids is 1. The van der Waals surface area contributed by atoms with Crippen molar-refractivity contribution in [1.82, 2.24) is 10.2 Å². The summed E-state index contributed by atoms with van der Waals surface area (Å²) in [6.45, 7) is 1.94. The van der Waals surface area contributed by atoms with Gasteiger partial charge in [-0.1, -0.05) is 12.1 Å². The van der Waals surface area contributed by atoms with Gasteiger partial charge in [-0.25, -0.2) is 4.79 Å². The van der Waals surface area contributed by atoms with Gasteiger partial charge < -0.3 is 4.74 Å². The standard InChI is InChI=1S/C12H12N2O2/c1-8-7-11(14-13-8)9-3-5-10(6-4-9)12(15)16-2/h3-7H,1-2H3,(H,13,14). The predicted molar refractivity (Wildman–Crippen MR) is 60.1 cm³/mol. The maximum atomic E-state index is 11.2. The Labute approximate surface area is 93.3 Å². The molecule has 1 N–H and O–H groups in total. The van der Waals surface area contributed by atoms with Crippen LogP contribution in [0.5, 0.6) is 0 Å². The summed E-state index contributed by atoms with van der Waals surface area (Å²) < 4.78 is 4.63. The Kier molecular flexibility index (Phi) is 2.72. The van der Waals surface area contributed by atoms with Crippen molar-refractivity contribution in [3.63, 3.8) is 0 Å². The van der Waals surface area contributed by atoms with Crippen LogP contribution in [0, 0.1) is 6.92 Å². The topological polar surface area (TPSA) is 55.0 Å². The fourth-order valence-electron chi connectivity index (χ4n) is 1.46. The van der Waals surface area contributed by atoms with Gasteiger partial charge >= 0.3 is 5.97 Å². The zero-order valence-electron chi connectivity index (χ0n) is 9.15. The molecule has 0 aliphatic rings. The van der Waals surface area contributed by atoms with Crippen LogP contribution in [-0.2, 0) is 4.74 Å². The Morgan fingerprint density at radius 1 is 1.31 bits per heavy atom. The molecule has 0 radical (unpaired) electrons. The number of nitrogens with zero attached hydrogens (tertiary/aromatic N) is 1. The first kappa shape index (κ1) is 10.4. The molecule has 0 bridgehead atoms. The molecule has 4 nitrogen and oxygen atoms in total. The number of H-pyrrole nitrogens is 1. The third-order valence-electron chi connectivity index (χ3n) is 2.31. The normalized spacial score (nSPS) is 10.1. The molecular formula is C12H12N2O2. The number of aryl methyl sites for hydroxylation is 1. The van der Waals surface area contributed by atoms with E-state index in [1.54, 1.807) is 12.1 Å². The van der Waals surface area contributed by atoms with Crippen molar-refractivity contribution in [1.29, 1.82) is 0 Å². The number of ether oxygens (including phenoxy) is 1. The molecule has 0 aliphatic heterocycles. The Bertz CT molecular complexity index is 500. The van der Waals surface area contributed by atoms with E-state index in [-0.39, 0.29) is 5.97 Å². The van der Waals surface area contributed by atoms with Crippen LogP contribution in [0.3, 0.4) is 0 Å². The highest BCUT2D eigenvalue weighted by Crippen LogP contribution is 2.18. The van der Waals surface area contributed by atoms with Gasteiger partial charge in [-0.15, -0.1) is 0 Å². The molecule has 0 saturated carbocycles. The van der Waals surface area contributed by atoms with E-state index in [4.69, 9.17) is 0 Å². The van der Waals surface area contributed by atoms with Gasteiger partial charge in [0, 0.05) is 11.3 Å². The Morgan fingerprint density at radius 3 is 2.50 bits per heavy atom. The van der Waals surface area contributed by atoms with Crippen LogP contribution < -0.4 is 0 Å². The minimum Gasteiger partial charge on any atom is -0.465 e. The summed E-state index contributed by atoms with van der Waals surface area (Å²) in [5.41, 5.74) is 3.39. The van der Waals surface area contributed by atoms with E-state index in [0.29, 0.717) is 5.56 Å². The van der Waals surface area contributed by atoms with Gasteiger partial charge in [0.15, 0.2) is 0 Å². The average Bonchev–Trinajstić information content (AvgIpc) is 2.75. The molecule has 0 amide bonds. The van der Waals surface area contributed by atoms with Crippen molar-refractivity contribution < 1.29 is 9.53 Å². The number of carbonyl (C=O) groups is 1. The van der Waals surface area contributed by atoms with Crippen molar-refractivity contribution in [2.45, 2.75) is 6.92 Å². The molecule has 0 atom stereocenters. The van der Waals surface area contributed by atoms with Crippen molar-refractivity contribution in [3.8, 4) is 11.3 Å². The van der Waals surface area contributed by atoms with E-state index in [1.165, 1.54) is 7.11 Å². The number of hydrogen-bond donors (Lipinski definition) is 1. The summed E-state index contributed by atoms with van der Waals surface area (Å²) >= 11 is 0. The summed E-state index contributed by atoms with van der Waals surface area (Å²) in [6.07, 6.45) is 0. The Balaban J connectivity index is 2.29. The summed E-state index contributed by atoms with van der Waals surface area (Å²) in [5.74, 6) is -0.329. The molecular weight excluding hydrogens is 204 g/mol. The summed E-state index contributed by atoms with van der Waals surface area (Å²) in [6, 6.07) is 9.10. The molecule has 0 spiro atoms. The van der Waals surface area contributed by atoms with Crippen molar-refractivity contribution in [2.24, 2.45) is 0 Å². The highest BCUT2D eigenvalue weighted by Gasteiger charge is 2.06. The van der Waals surface area contributed by atoms with Crippen LogP contribution in [0.15, 0.2) is 30.3 Å². The quantitative estimate of drug-likeness (QED) is 0.783. The molecule has 1 aromatic carbocycles. The fraction of sp³-hybridized carbons (Fsp3) is 0.167. The molecule has 2 rings (SSSR count). The maximum absolute atomic E-state index is 11.2. The largest absolute Gasteiger partial charge is 0.465 e. The molecule has 0 fully saturated rings. The zero-order chi connectivity index (χ0) is 11.5. The van der Waals surface area contributed by atoms with Gasteiger partial charge in [0.25, 0.3) is 0 Å². The second-order valence-corrected chi connectivity index (χ2v) is 3.51. The van der Waals surface area contributed by atoms with Gasteiger partial charge in [-0.3, -0.25) is 5.10 Å². The first-order valence-electron chi connectivity index (χ1n) is 4.91. The van der Waals surface area contributed by atoms with Gasteiger partial charge in [0.1, 0.15) is 0 Å². The molecule has 0 aliphatic carbocycles. The predicted octanol–water partition coefficient (Wildman–Crippen LogP) is 2.17. The molecule has 1 aromatic heterocycles. The van der Waals surface area contributed by atoms with Crippen molar-refractivity contribution >= 4 is 5.97 Å². The summed E-state index contributed by atoms with van der Waals surface area (Å²) in [4.78, 5) is 11.2. The van der Waals surface area contributed by atoms with E-state index in [2.05, 4.69) is 14.9 Å². The van der Waals surface area contributed by atoms with Crippen LogP contribution in [0.1, 0.15) is 16.1 Å². The van der Waals surface area contributed by atoms with E-state index < -0.39 is 0 Å². The molecule has 4 heteroatoms. The Hall–Kier alpha value is -2.10. The number of rotatable bonds is 2. The Morgan fingerprint density at radius 2 is 2.00 bits per heavy atom. The number of benzene rings is 1. The number of nitrogens with one attached hydrogen (secondary N) is 1. The highest BCUT2D eigenvalue weighted by molar-refractivity contribution is 5.89. The lowest BCUT2D eigenvalue weighted by molar-refractivity contribution is 0.0601. The number of hydrogen-bond acceptors (Lipinski definition) is 3. The van der Waals surface area contributed by atoms with Crippen LogP contribution in [-0.4, -0.2) is 23.3 Å². The third-order valence-corrected chi connectivity index (χ3v) is 2.31. The zero-order valence-corrected chi connectivity index (χ0v) is 9.15. The van der Waals surface area contributed by atoms with E-state index in [9.17, 15) is 4.79 Å². The molecule has 1 heterocycles. The van der Waals surface area contributed by atoms with Crippen molar-refractivity contribution in [3.05, 3.63) is 41.6 Å². The number of esters is 1. The smallest absolute Gasteiger partial charge is 0.337 e. The van der Waals surface area contributed by atoms with Crippen LogP contribution in [0.25, 0.3) is 11.3 Å². The van der Waals surface area contributed by atoms with Gasteiger partial charge in [0.05, 0.1) is 18.4 Å². The summed E-state index contributed by atoms with van der Waals surface area (Å²) in [5, 5.41) is 7.01. The monoisotopic (exact) mass is 216 g/mol. The molecule has 2 aromatic rings. The van der Waals surface area contributed by atoms with Gasteiger partial charge in [0.2, 0.25) is 0 Å². The lowest BCUT2D eigenvalue weighted by Gasteiger charge is -2.00. The first-order chi connectivity index (χ1) is 7.70. The van der Waals surface area contributed by atoms with Crippen molar-refractivity contribution in [2.75, 3.05) is 7.11 Å². The molecule has 82 valence electrons. The van der Waals surface area contributed by atoms with E-state index in [1.807, 2.05) is 25.1 Å². The van der Waals surface area contributed by atoms with Gasteiger partial charge in [-0.2, -0.15) is 5.10 Å². The van der Waals surface area contributed by atoms with Crippen LogP contribution in [0.4, 0.5) is 0 Å². The van der Waals surface area contributed by atoms with E-state index >= 15 is 0 Å². The number of aromatic amines is 1. The average molecular weight is 216 g/mol. The molecule has 0 unspecified atom stereocenters. The second kappa shape index (κ2) is 4.18. The van der Waals surface area contributed by atoms with Gasteiger partial charge in [-0.05, 0) is 25.1 Å². The van der Waals surface area contributed by atoms with E-state index in [0.717, 1.165) is 17.0 Å². The molecule has 16 heavy (non-hydrogen) atoms. The minimum absolute atomic E-state index is 0.329. The fourth-order valence-corrected chi connectivity index (χ4v) is 1.46. The number of methoxy groups -OCH3 is 1. The van der Waals surface area contributed by atoms with Crippen LogP contribution in [0.2, 0.25) is 0 Å². The second-order valence-electron chi connectivity index (χ2n) is 3.51. The SMILES string of the molecule is COC(=O)c1ccc(-c2cc(C)[nH]n2)cc1. The highest BCUT2D eigenvalue weighted by atomic mass is 16.5. The third kappa shape index (κ3) is 1.95. The lowest BCUT2D eigenvalue weighted by atomic mass is 10.1. The summed E-state index contributed by atoms with van der Waals surface area (Å²) in [7, 11) is 1.37. The minimum atomic E-state index is -0.329. The lowest BCUT2D eigenvalue weighted by Crippen LogP contribution is -2.00. The maximum Gasteiger partial charge on any atom is 0.337 e. The number of aromatic nitrogens is 2. The molecule has 0 saturated heterocycles. The van der Waals surface area contributed by atoms with Crippen LogP contribution >= 0.6 is 0 Å².